The Hall–Kier alpha value is -2.04. The van der Waals surface area contributed by atoms with Gasteiger partial charge in [0, 0.05) is 6.42 Å². The lowest BCUT2D eigenvalue weighted by Crippen LogP contribution is -2.12. The number of ketones is 1. The Labute approximate surface area is 112 Å². The van der Waals surface area contributed by atoms with Gasteiger partial charge < -0.3 is 14.2 Å². The summed E-state index contributed by atoms with van der Waals surface area (Å²) in [4.78, 5) is 22.1. The molecule has 5 nitrogen and oxygen atoms in total. The van der Waals surface area contributed by atoms with Gasteiger partial charge in [-0.15, -0.1) is 0 Å². The van der Waals surface area contributed by atoms with Crippen molar-refractivity contribution in [2.75, 3.05) is 20.8 Å². The summed E-state index contributed by atoms with van der Waals surface area (Å²) in [6.45, 7) is 1.20. The Kier molecular flexibility index (Phi) is 5.85. The van der Waals surface area contributed by atoms with E-state index in [1.165, 1.54) is 6.92 Å². The first kappa shape index (κ1) is 15.0. The zero-order chi connectivity index (χ0) is 14.3. The molecule has 0 saturated heterocycles. The van der Waals surface area contributed by atoms with E-state index in [9.17, 15) is 9.59 Å². The van der Waals surface area contributed by atoms with Crippen LogP contribution in [0.2, 0.25) is 0 Å². The lowest BCUT2D eigenvalue weighted by molar-refractivity contribution is -0.147. The van der Waals surface area contributed by atoms with Gasteiger partial charge in [0.1, 0.15) is 6.61 Å². The predicted molar refractivity (Wildman–Crippen MR) is 69.5 cm³/mol. The summed E-state index contributed by atoms with van der Waals surface area (Å²) in [7, 11) is 3.11. The van der Waals surface area contributed by atoms with E-state index in [4.69, 9.17) is 14.2 Å². The highest BCUT2D eigenvalue weighted by Gasteiger charge is 2.12. The maximum Gasteiger partial charge on any atom is 0.306 e. The first-order chi connectivity index (χ1) is 9.08. The molecule has 19 heavy (non-hydrogen) atoms. The van der Waals surface area contributed by atoms with E-state index in [0.29, 0.717) is 17.9 Å². The molecule has 0 atom stereocenters. The number of rotatable bonds is 7. The Bertz CT molecular complexity index is 453. The van der Waals surface area contributed by atoms with Crippen molar-refractivity contribution >= 4 is 11.8 Å². The fourth-order valence-electron chi connectivity index (χ4n) is 1.64. The van der Waals surface area contributed by atoms with Crippen molar-refractivity contribution in [3.8, 4) is 11.5 Å². The van der Waals surface area contributed by atoms with Crippen LogP contribution in [0, 0.1) is 0 Å². The largest absolute Gasteiger partial charge is 0.493 e. The molecule has 0 aromatic heterocycles. The molecule has 0 unspecified atom stereocenters. The van der Waals surface area contributed by atoms with Crippen LogP contribution >= 0.6 is 0 Å². The monoisotopic (exact) mass is 266 g/mol. The van der Waals surface area contributed by atoms with Gasteiger partial charge >= 0.3 is 5.97 Å². The molecule has 1 aromatic carbocycles. The first-order valence-corrected chi connectivity index (χ1v) is 5.93. The number of carbonyl (C=O) groups is 2. The van der Waals surface area contributed by atoms with Crippen molar-refractivity contribution in [2.24, 2.45) is 0 Å². The lowest BCUT2D eigenvalue weighted by Gasteiger charge is -2.12. The molecule has 5 heteroatoms. The van der Waals surface area contributed by atoms with Gasteiger partial charge in [0.25, 0.3) is 0 Å². The number of para-hydroxylation sites is 1. The number of hydrogen-bond acceptors (Lipinski definition) is 5. The molecule has 0 heterocycles. The Morgan fingerprint density at radius 2 is 1.89 bits per heavy atom. The molecule has 1 aromatic rings. The highest BCUT2D eigenvalue weighted by molar-refractivity contribution is 5.80. The summed E-state index contributed by atoms with van der Waals surface area (Å²) < 4.78 is 15.2. The number of esters is 1. The van der Waals surface area contributed by atoms with Gasteiger partial charge in [-0.3, -0.25) is 9.59 Å². The van der Waals surface area contributed by atoms with Crippen molar-refractivity contribution in [3.05, 3.63) is 23.8 Å². The SMILES string of the molecule is COc1cccc(CCC(=O)OCC(C)=O)c1OC. The number of ether oxygens (including phenoxy) is 3. The third-order valence-corrected chi connectivity index (χ3v) is 2.52. The van der Waals surface area contributed by atoms with Crippen molar-refractivity contribution in [1.29, 1.82) is 0 Å². The molecule has 0 saturated carbocycles. The molecule has 0 fully saturated rings. The van der Waals surface area contributed by atoms with E-state index < -0.39 is 5.97 Å². The second kappa shape index (κ2) is 7.41. The van der Waals surface area contributed by atoms with Crippen LogP contribution in [0.1, 0.15) is 18.9 Å². The minimum Gasteiger partial charge on any atom is -0.493 e. The molecule has 0 amide bonds. The van der Waals surface area contributed by atoms with Gasteiger partial charge in [0.15, 0.2) is 17.3 Å². The van der Waals surface area contributed by atoms with Crippen molar-refractivity contribution in [1.82, 2.24) is 0 Å². The second-order valence-electron chi connectivity index (χ2n) is 4.02. The fraction of sp³-hybridized carbons (Fsp3) is 0.429. The summed E-state index contributed by atoms with van der Waals surface area (Å²) in [6, 6.07) is 5.48. The summed E-state index contributed by atoms with van der Waals surface area (Å²) in [5.74, 6) is 0.661. The average molecular weight is 266 g/mol. The fourth-order valence-corrected chi connectivity index (χ4v) is 1.64. The molecular formula is C14H18O5. The van der Waals surface area contributed by atoms with Crippen LogP contribution in [0.4, 0.5) is 0 Å². The zero-order valence-corrected chi connectivity index (χ0v) is 11.4. The number of carbonyl (C=O) groups excluding carboxylic acids is 2. The number of Topliss-reactive ketones (excluding diaryl/α,β-unsaturated/α-hetero) is 1. The number of aryl methyl sites for hydroxylation is 1. The maximum atomic E-state index is 11.4. The molecular weight excluding hydrogens is 248 g/mol. The van der Waals surface area contributed by atoms with E-state index in [0.717, 1.165) is 5.56 Å². The normalized spacial score (nSPS) is 9.84. The molecule has 0 aliphatic carbocycles. The topological polar surface area (TPSA) is 61.8 Å². The Morgan fingerprint density at radius 1 is 1.16 bits per heavy atom. The minimum absolute atomic E-state index is 0.173. The summed E-state index contributed by atoms with van der Waals surface area (Å²) >= 11 is 0. The van der Waals surface area contributed by atoms with Crippen molar-refractivity contribution < 1.29 is 23.8 Å². The van der Waals surface area contributed by atoms with Gasteiger partial charge in [0.2, 0.25) is 0 Å². The van der Waals surface area contributed by atoms with E-state index >= 15 is 0 Å². The maximum absolute atomic E-state index is 11.4. The van der Waals surface area contributed by atoms with Crippen LogP contribution in [0.15, 0.2) is 18.2 Å². The molecule has 0 bridgehead atoms. The van der Waals surface area contributed by atoms with E-state index in [1.807, 2.05) is 12.1 Å². The molecule has 0 radical (unpaired) electrons. The zero-order valence-electron chi connectivity index (χ0n) is 11.4. The summed E-state index contributed by atoms with van der Waals surface area (Å²) in [5.41, 5.74) is 0.863. The van der Waals surface area contributed by atoms with E-state index in [2.05, 4.69) is 0 Å². The third-order valence-electron chi connectivity index (χ3n) is 2.52. The molecule has 0 spiro atoms. The van der Waals surface area contributed by atoms with Crippen molar-refractivity contribution in [2.45, 2.75) is 19.8 Å². The summed E-state index contributed by atoms with van der Waals surface area (Å²) in [6.07, 6.45) is 0.661. The first-order valence-electron chi connectivity index (χ1n) is 5.93. The van der Waals surface area contributed by atoms with Gasteiger partial charge in [-0.2, -0.15) is 0 Å². The smallest absolute Gasteiger partial charge is 0.306 e. The van der Waals surface area contributed by atoms with Crippen LogP contribution in [0.25, 0.3) is 0 Å². The van der Waals surface area contributed by atoms with Crippen LogP contribution in [0.5, 0.6) is 11.5 Å². The quantitative estimate of drug-likeness (QED) is 0.704. The molecule has 0 N–H and O–H groups in total. The van der Waals surface area contributed by atoms with Crippen LogP contribution < -0.4 is 9.47 Å². The van der Waals surface area contributed by atoms with Gasteiger partial charge in [-0.25, -0.2) is 0 Å². The molecule has 0 aliphatic heterocycles. The van der Waals surface area contributed by atoms with Gasteiger partial charge in [0.05, 0.1) is 14.2 Å². The lowest BCUT2D eigenvalue weighted by atomic mass is 10.1. The molecule has 0 aliphatic rings. The highest BCUT2D eigenvalue weighted by Crippen LogP contribution is 2.31. The average Bonchev–Trinajstić information content (AvgIpc) is 2.42. The minimum atomic E-state index is -0.403. The highest BCUT2D eigenvalue weighted by atomic mass is 16.5. The second-order valence-corrected chi connectivity index (χ2v) is 4.02. The Balaban J connectivity index is 2.62. The van der Waals surface area contributed by atoms with Gasteiger partial charge in [-0.05, 0) is 25.0 Å². The van der Waals surface area contributed by atoms with Gasteiger partial charge in [-0.1, -0.05) is 12.1 Å². The number of benzene rings is 1. The van der Waals surface area contributed by atoms with Crippen LogP contribution in [0.3, 0.4) is 0 Å². The standard InChI is InChI=1S/C14H18O5/c1-10(15)9-19-13(16)8-7-11-5-4-6-12(17-2)14(11)18-3/h4-6H,7-9H2,1-3H3. The van der Waals surface area contributed by atoms with E-state index in [1.54, 1.807) is 20.3 Å². The van der Waals surface area contributed by atoms with Crippen LogP contribution in [-0.2, 0) is 20.7 Å². The number of hydrogen-bond donors (Lipinski definition) is 0. The van der Waals surface area contributed by atoms with E-state index in [-0.39, 0.29) is 18.8 Å². The molecule has 104 valence electrons. The third kappa shape index (κ3) is 4.62. The Morgan fingerprint density at radius 3 is 2.47 bits per heavy atom. The van der Waals surface area contributed by atoms with Crippen LogP contribution in [-0.4, -0.2) is 32.6 Å². The molecule has 1 rings (SSSR count). The predicted octanol–water partition coefficient (Wildman–Crippen LogP) is 1.77. The van der Waals surface area contributed by atoms with Crippen molar-refractivity contribution in [3.63, 3.8) is 0 Å². The number of methoxy groups -OCH3 is 2. The summed E-state index contributed by atoms with van der Waals surface area (Å²) in [5, 5.41) is 0.